The quantitative estimate of drug-likeness (QED) is 0.894. The van der Waals surface area contributed by atoms with Crippen LogP contribution >= 0.6 is 0 Å². The van der Waals surface area contributed by atoms with Gasteiger partial charge in [0, 0.05) is 18.6 Å². The highest BCUT2D eigenvalue weighted by atomic mass is 16.5. The van der Waals surface area contributed by atoms with Crippen LogP contribution in [-0.4, -0.2) is 29.0 Å². The van der Waals surface area contributed by atoms with Gasteiger partial charge in [0.1, 0.15) is 11.6 Å². The molecule has 1 aliphatic heterocycles. The van der Waals surface area contributed by atoms with E-state index >= 15 is 0 Å². The molecule has 3 rings (SSSR count). The summed E-state index contributed by atoms with van der Waals surface area (Å²) in [5, 5.41) is 21.2. The van der Waals surface area contributed by atoms with Crippen LogP contribution in [0.2, 0.25) is 0 Å². The van der Waals surface area contributed by atoms with Gasteiger partial charge in [0.15, 0.2) is 5.82 Å². The van der Waals surface area contributed by atoms with Gasteiger partial charge in [-0.1, -0.05) is 0 Å². The number of aryl methyl sites for hydroxylation is 1. The van der Waals surface area contributed by atoms with Gasteiger partial charge in [-0.2, -0.15) is 10.4 Å². The van der Waals surface area contributed by atoms with Crippen molar-refractivity contribution in [2.24, 2.45) is 5.92 Å². The summed E-state index contributed by atoms with van der Waals surface area (Å²) in [7, 11) is 0. The molecule has 1 aromatic rings. The number of anilines is 1. The monoisotopic (exact) mass is 272 g/mol. The number of hydrogen-bond donors (Lipinski definition) is 1. The summed E-state index contributed by atoms with van der Waals surface area (Å²) in [5.41, 5.74) is 2.36. The Morgan fingerprint density at radius 1 is 1.25 bits per heavy atom. The van der Waals surface area contributed by atoms with Crippen molar-refractivity contribution in [3.05, 3.63) is 16.8 Å². The molecule has 1 aliphatic carbocycles. The SMILES string of the molecule is Cc1nnc(N[C@@H]2CCC[C@H]3OCC[C@H]23)c(C#N)c1C. The highest BCUT2D eigenvalue weighted by Crippen LogP contribution is 2.36. The van der Waals surface area contributed by atoms with Crippen LogP contribution in [-0.2, 0) is 4.74 Å². The number of rotatable bonds is 2. The first kappa shape index (κ1) is 13.3. The second-order valence-corrected chi connectivity index (χ2v) is 5.79. The summed E-state index contributed by atoms with van der Waals surface area (Å²) in [6.45, 7) is 4.67. The molecule has 1 saturated carbocycles. The Morgan fingerprint density at radius 3 is 2.90 bits per heavy atom. The smallest absolute Gasteiger partial charge is 0.167 e. The third-order valence-corrected chi connectivity index (χ3v) is 4.67. The van der Waals surface area contributed by atoms with Gasteiger partial charge in [0.05, 0.1) is 11.8 Å². The fourth-order valence-electron chi connectivity index (χ4n) is 3.38. The fraction of sp³-hybridized carbons (Fsp3) is 0.667. The van der Waals surface area contributed by atoms with Crippen molar-refractivity contribution in [3.63, 3.8) is 0 Å². The van der Waals surface area contributed by atoms with E-state index in [1.54, 1.807) is 0 Å². The predicted molar refractivity (Wildman–Crippen MR) is 75.3 cm³/mol. The first-order valence-corrected chi connectivity index (χ1v) is 7.33. The molecular formula is C15H20N4O. The maximum Gasteiger partial charge on any atom is 0.167 e. The van der Waals surface area contributed by atoms with E-state index in [4.69, 9.17) is 4.74 Å². The van der Waals surface area contributed by atoms with Crippen LogP contribution in [0.3, 0.4) is 0 Å². The summed E-state index contributed by atoms with van der Waals surface area (Å²) in [6, 6.07) is 2.60. The number of aromatic nitrogens is 2. The van der Waals surface area contributed by atoms with Crippen LogP contribution in [0.4, 0.5) is 5.82 Å². The van der Waals surface area contributed by atoms with Gasteiger partial charge in [-0.25, -0.2) is 0 Å². The van der Waals surface area contributed by atoms with Gasteiger partial charge in [0.2, 0.25) is 0 Å². The van der Waals surface area contributed by atoms with Gasteiger partial charge in [-0.05, 0) is 45.1 Å². The first-order chi connectivity index (χ1) is 9.70. The van der Waals surface area contributed by atoms with E-state index in [0.717, 1.165) is 37.1 Å². The lowest BCUT2D eigenvalue weighted by molar-refractivity contribution is 0.0619. The zero-order chi connectivity index (χ0) is 14.1. The van der Waals surface area contributed by atoms with Gasteiger partial charge in [-0.15, -0.1) is 5.10 Å². The minimum Gasteiger partial charge on any atom is -0.378 e. The van der Waals surface area contributed by atoms with Crippen molar-refractivity contribution in [2.45, 2.75) is 51.7 Å². The van der Waals surface area contributed by atoms with Crippen molar-refractivity contribution in [1.82, 2.24) is 10.2 Å². The minimum atomic E-state index is 0.347. The van der Waals surface area contributed by atoms with Crippen LogP contribution in [0, 0.1) is 31.1 Å². The average molecular weight is 272 g/mol. The van der Waals surface area contributed by atoms with Crippen LogP contribution in [0.1, 0.15) is 42.5 Å². The van der Waals surface area contributed by atoms with Crippen molar-refractivity contribution in [1.29, 1.82) is 5.26 Å². The van der Waals surface area contributed by atoms with E-state index in [-0.39, 0.29) is 0 Å². The molecule has 0 spiro atoms. The molecule has 0 bridgehead atoms. The van der Waals surface area contributed by atoms with E-state index in [9.17, 15) is 5.26 Å². The molecular weight excluding hydrogens is 252 g/mol. The topological polar surface area (TPSA) is 70.8 Å². The lowest BCUT2D eigenvalue weighted by Crippen LogP contribution is -2.38. The van der Waals surface area contributed by atoms with E-state index in [0.29, 0.717) is 29.4 Å². The van der Waals surface area contributed by atoms with Gasteiger partial charge < -0.3 is 10.1 Å². The fourth-order valence-corrected chi connectivity index (χ4v) is 3.38. The zero-order valence-electron chi connectivity index (χ0n) is 12.0. The van der Waals surface area contributed by atoms with Crippen LogP contribution in [0.5, 0.6) is 0 Å². The Kier molecular flexibility index (Phi) is 3.58. The van der Waals surface area contributed by atoms with Crippen molar-refractivity contribution in [2.75, 3.05) is 11.9 Å². The molecule has 2 fully saturated rings. The summed E-state index contributed by atoms with van der Waals surface area (Å²) < 4.78 is 5.78. The maximum absolute atomic E-state index is 9.36. The molecule has 5 heteroatoms. The van der Waals surface area contributed by atoms with Crippen LogP contribution < -0.4 is 5.32 Å². The molecule has 0 amide bonds. The largest absolute Gasteiger partial charge is 0.378 e. The standard InChI is InChI=1S/C15H20N4O/c1-9-10(2)18-19-15(12(9)8-16)17-13-4-3-5-14-11(13)6-7-20-14/h11,13-14H,3-7H2,1-2H3,(H,17,19)/t11-,13-,14-/m1/s1. The Hall–Kier alpha value is -1.67. The average Bonchev–Trinajstić information content (AvgIpc) is 2.93. The number of ether oxygens (including phenoxy) is 1. The summed E-state index contributed by atoms with van der Waals surface area (Å²) in [6.07, 6.45) is 4.92. The summed E-state index contributed by atoms with van der Waals surface area (Å²) >= 11 is 0. The van der Waals surface area contributed by atoms with E-state index < -0.39 is 0 Å². The lowest BCUT2D eigenvalue weighted by atomic mass is 9.82. The Balaban J connectivity index is 1.84. The molecule has 0 aromatic carbocycles. The molecule has 106 valence electrons. The molecule has 1 aromatic heterocycles. The minimum absolute atomic E-state index is 0.347. The Labute approximate surface area is 119 Å². The predicted octanol–water partition coefficient (Wildman–Crippen LogP) is 2.33. The van der Waals surface area contributed by atoms with E-state index in [2.05, 4.69) is 21.6 Å². The molecule has 2 heterocycles. The third kappa shape index (κ3) is 2.25. The van der Waals surface area contributed by atoms with Gasteiger partial charge in [-0.3, -0.25) is 0 Å². The maximum atomic E-state index is 9.36. The molecule has 2 aliphatic rings. The molecule has 20 heavy (non-hydrogen) atoms. The van der Waals surface area contributed by atoms with Crippen molar-refractivity contribution < 1.29 is 4.74 Å². The van der Waals surface area contributed by atoms with E-state index in [1.807, 2.05) is 13.8 Å². The molecule has 1 saturated heterocycles. The number of fused-ring (bicyclic) bond motifs is 1. The summed E-state index contributed by atoms with van der Waals surface area (Å²) in [4.78, 5) is 0. The molecule has 1 N–H and O–H groups in total. The Bertz CT molecular complexity index is 552. The molecule has 3 atom stereocenters. The van der Waals surface area contributed by atoms with Crippen LogP contribution in [0.25, 0.3) is 0 Å². The molecule has 0 radical (unpaired) electrons. The van der Waals surface area contributed by atoms with Crippen LogP contribution in [0.15, 0.2) is 0 Å². The first-order valence-electron chi connectivity index (χ1n) is 7.33. The zero-order valence-corrected chi connectivity index (χ0v) is 12.0. The normalized spacial score (nSPS) is 28.8. The highest BCUT2D eigenvalue weighted by molar-refractivity contribution is 5.56. The van der Waals surface area contributed by atoms with Crippen molar-refractivity contribution in [3.8, 4) is 6.07 Å². The number of hydrogen-bond acceptors (Lipinski definition) is 5. The second-order valence-electron chi connectivity index (χ2n) is 5.79. The lowest BCUT2D eigenvalue weighted by Gasteiger charge is -2.33. The van der Waals surface area contributed by atoms with E-state index in [1.165, 1.54) is 6.42 Å². The number of nitrogens with one attached hydrogen (secondary N) is 1. The highest BCUT2D eigenvalue weighted by Gasteiger charge is 2.38. The third-order valence-electron chi connectivity index (χ3n) is 4.67. The number of nitrogens with zero attached hydrogens (tertiary/aromatic N) is 3. The van der Waals surface area contributed by atoms with Gasteiger partial charge in [0.25, 0.3) is 0 Å². The van der Waals surface area contributed by atoms with Gasteiger partial charge >= 0.3 is 0 Å². The molecule has 0 unspecified atom stereocenters. The second kappa shape index (κ2) is 5.37. The molecule has 5 nitrogen and oxygen atoms in total. The van der Waals surface area contributed by atoms with Crippen molar-refractivity contribution >= 4 is 5.82 Å². The Morgan fingerprint density at radius 2 is 2.10 bits per heavy atom. The number of nitriles is 1. The summed E-state index contributed by atoms with van der Waals surface area (Å²) in [5.74, 6) is 1.17.